The van der Waals surface area contributed by atoms with E-state index in [1.54, 1.807) is 12.1 Å². The Morgan fingerprint density at radius 3 is 2.67 bits per heavy atom. The Labute approximate surface area is 106 Å². The molecule has 0 unspecified atom stereocenters. The van der Waals surface area contributed by atoms with Crippen LogP contribution in [-0.4, -0.2) is 39.2 Å². The fourth-order valence-electron chi connectivity index (χ4n) is 2.68. The van der Waals surface area contributed by atoms with Crippen LogP contribution in [0.2, 0.25) is 0 Å². The van der Waals surface area contributed by atoms with E-state index in [1.807, 2.05) is 0 Å². The van der Waals surface area contributed by atoms with Crippen LogP contribution >= 0.6 is 0 Å². The molecule has 1 aliphatic rings. The second-order valence-electron chi connectivity index (χ2n) is 4.83. The van der Waals surface area contributed by atoms with Gasteiger partial charge < -0.3 is 10.5 Å². The third kappa shape index (κ3) is 2.15. The van der Waals surface area contributed by atoms with Crippen molar-refractivity contribution >= 4 is 9.84 Å². The Bertz CT molecular complexity index is 560. The second-order valence-corrected chi connectivity index (χ2v) is 7.00. The van der Waals surface area contributed by atoms with Crippen molar-refractivity contribution in [3.63, 3.8) is 0 Å². The summed E-state index contributed by atoms with van der Waals surface area (Å²) in [7, 11) is -1.83. The van der Waals surface area contributed by atoms with Gasteiger partial charge in [-0.2, -0.15) is 0 Å². The summed E-state index contributed by atoms with van der Waals surface area (Å²) in [5, 5.41) is -0.716. The standard InChI is InChI=1S/C12H16FNO3S/c1-17-7-12(14)10(11(12)18(2,15)16)8-4-3-5-9(13)6-8/h3-6,10-11H,7,14H2,1-2H3/t10-,11-,12-/m0/s1. The molecule has 0 heterocycles. The van der Waals surface area contributed by atoms with Crippen molar-refractivity contribution in [1.29, 1.82) is 0 Å². The van der Waals surface area contributed by atoms with E-state index in [0.717, 1.165) is 6.26 Å². The summed E-state index contributed by atoms with van der Waals surface area (Å²) in [6.07, 6.45) is 1.15. The first kappa shape index (κ1) is 13.5. The minimum Gasteiger partial charge on any atom is -0.383 e. The minimum absolute atomic E-state index is 0.131. The number of halogens is 1. The molecule has 0 saturated heterocycles. The minimum atomic E-state index is -3.30. The van der Waals surface area contributed by atoms with Crippen LogP contribution < -0.4 is 5.73 Å². The molecule has 1 fully saturated rings. The van der Waals surface area contributed by atoms with Gasteiger partial charge in [-0.05, 0) is 17.7 Å². The monoisotopic (exact) mass is 273 g/mol. The maximum absolute atomic E-state index is 13.2. The van der Waals surface area contributed by atoms with Gasteiger partial charge in [0.05, 0.1) is 17.4 Å². The van der Waals surface area contributed by atoms with Crippen LogP contribution in [0.4, 0.5) is 4.39 Å². The van der Waals surface area contributed by atoms with Crippen LogP contribution in [0.25, 0.3) is 0 Å². The van der Waals surface area contributed by atoms with Gasteiger partial charge in [0.25, 0.3) is 0 Å². The van der Waals surface area contributed by atoms with Gasteiger partial charge in [-0.3, -0.25) is 0 Å². The van der Waals surface area contributed by atoms with Crippen LogP contribution in [0.15, 0.2) is 24.3 Å². The fourth-order valence-corrected chi connectivity index (χ4v) is 4.51. The van der Waals surface area contributed by atoms with E-state index < -0.39 is 32.4 Å². The van der Waals surface area contributed by atoms with Gasteiger partial charge in [0.1, 0.15) is 5.82 Å². The Hall–Kier alpha value is -0.980. The largest absolute Gasteiger partial charge is 0.383 e. The van der Waals surface area contributed by atoms with Gasteiger partial charge in [0.2, 0.25) is 0 Å². The molecule has 0 bridgehead atoms. The van der Waals surface area contributed by atoms with Crippen molar-refractivity contribution in [2.24, 2.45) is 5.73 Å². The third-order valence-corrected chi connectivity index (χ3v) is 5.00. The molecule has 1 aromatic rings. The van der Waals surface area contributed by atoms with E-state index in [0.29, 0.717) is 5.56 Å². The molecule has 4 nitrogen and oxygen atoms in total. The van der Waals surface area contributed by atoms with Crippen molar-refractivity contribution in [2.45, 2.75) is 16.7 Å². The van der Waals surface area contributed by atoms with E-state index in [4.69, 9.17) is 10.5 Å². The number of ether oxygens (including phenoxy) is 1. The van der Waals surface area contributed by atoms with Gasteiger partial charge in [0, 0.05) is 19.3 Å². The maximum Gasteiger partial charge on any atom is 0.152 e. The van der Waals surface area contributed by atoms with E-state index in [9.17, 15) is 12.8 Å². The average molecular weight is 273 g/mol. The Morgan fingerprint density at radius 1 is 1.50 bits per heavy atom. The summed E-state index contributed by atoms with van der Waals surface area (Å²) in [5.74, 6) is -0.811. The quantitative estimate of drug-likeness (QED) is 0.876. The summed E-state index contributed by atoms with van der Waals surface area (Å²) in [5.41, 5.74) is 5.73. The zero-order valence-corrected chi connectivity index (χ0v) is 11.1. The molecule has 1 saturated carbocycles. The zero-order chi connectivity index (χ0) is 13.6. The van der Waals surface area contributed by atoms with Gasteiger partial charge in [0.15, 0.2) is 9.84 Å². The second kappa shape index (κ2) is 4.29. The number of hydrogen-bond acceptors (Lipinski definition) is 4. The summed E-state index contributed by atoms with van der Waals surface area (Å²) >= 11 is 0. The molecule has 0 aromatic heterocycles. The average Bonchev–Trinajstić information content (AvgIpc) is 2.85. The highest BCUT2D eigenvalue weighted by Gasteiger charge is 2.68. The van der Waals surface area contributed by atoms with Crippen LogP contribution in [0, 0.1) is 5.82 Å². The number of methoxy groups -OCH3 is 1. The van der Waals surface area contributed by atoms with Crippen molar-refractivity contribution in [1.82, 2.24) is 0 Å². The molecule has 18 heavy (non-hydrogen) atoms. The topological polar surface area (TPSA) is 69.4 Å². The smallest absolute Gasteiger partial charge is 0.152 e. The molecule has 0 radical (unpaired) electrons. The van der Waals surface area contributed by atoms with E-state index in [1.165, 1.54) is 19.2 Å². The normalized spacial score (nSPS) is 31.3. The van der Waals surface area contributed by atoms with Crippen molar-refractivity contribution in [3.8, 4) is 0 Å². The summed E-state index contributed by atoms with van der Waals surface area (Å²) in [6.45, 7) is 0.131. The van der Waals surface area contributed by atoms with Crippen molar-refractivity contribution in [3.05, 3.63) is 35.6 Å². The summed E-state index contributed by atoms with van der Waals surface area (Å²) in [4.78, 5) is 0. The predicted octanol–water partition coefficient (Wildman–Crippen LogP) is 0.680. The highest BCUT2D eigenvalue weighted by atomic mass is 32.2. The molecule has 0 spiro atoms. The highest BCUT2D eigenvalue weighted by molar-refractivity contribution is 7.91. The molecule has 3 atom stereocenters. The van der Waals surface area contributed by atoms with Crippen LogP contribution in [0.3, 0.4) is 0 Å². The molecule has 2 rings (SSSR count). The Balaban J connectivity index is 2.39. The molecule has 6 heteroatoms. The van der Waals surface area contributed by atoms with Crippen molar-refractivity contribution < 1.29 is 17.5 Å². The lowest BCUT2D eigenvalue weighted by molar-refractivity contribution is 0.171. The maximum atomic E-state index is 13.2. The third-order valence-electron chi connectivity index (χ3n) is 3.37. The summed E-state index contributed by atoms with van der Waals surface area (Å²) in [6, 6.07) is 5.88. The van der Waals surface area contributed by atoms with Gasteiger partial charge in [-0.1, -0.05) is 12.1 Å². The lowest BCUT2D eigenvalue weighted by Crippen LogP contribution is -2.35. The molecule has 2 N–H and O–H groups in total. The number of rotatable bonds is 4. The van der Waals surface area contributed by atoms with Gasteiger partial charge >= 0.3 is 0 Å². The molecule has 0 amide bonds. The predicted molar refractivity (Wildman–Crippen MR) is 66.6 cm³/mol. The van der Waals surface area contributed by atoms with Gasteiger partial charge in [-0.25, -0.2) is 12.8 Å². The Kier molecular flexibility index (Phi) is 3.21. The molecular formula is C12H16FNO3S. The zero-order valence-electron chi connectivity index (χ0n) is 10.3. The Morgan fingerprint density at radius 2 is 2.17 bits per heavy atom. The van der Waals surface area contributed by atoms with Crippen LogP contribution in [-0.2, 0) is 14.6 Å². The van der Waals surface area contributed by atoms with E-state index >= 15 is 0 Å². The first-order chi connectivity index (χ1) is 8.30. The molecule has 100 valence electrons. The van der Waals surface area contributed by atoms with Gasteiger partial charge in [-0.15, -0.1) is 0 Å². The number of sulfone groups is 1. The lowest BCUT2D eigenvalue weighted by atomic mass is 10.1. The SMILES string of the molecule is COC[C@]1(N)[C@@H](c2cccc(F)c2)[C@@H]1S(C)(=O)=O. The molecule has 0 aliphatic heterocycles. The van der Waals surface area contributed by atoms with Crippen LogP contribution in [0.1, 0.15) is 11.5 Å². The first-order valence-electron chi connectivity index (χ1n) is 5.53. The van der Waals surface area contributed by atoms with E-state index in [2.05, 4.69) is 0 Å². The number of nitrogens with two attached hydrogens (primary N) is 1. The molecular weight excluding hydrogens is 257 g/mol. The van der Waals surface area contributed by atoms with Crippen LogP contribution in [0.5, 0.6) is 0 Å². The number of hydrogen-bond donors (Lipinski definition) is 1. The lowest BCUT2D eigenvalue weighted by Gasteiger charge is -2.10. The first-order valence-corrected chi connectivity index (χ1v) is 7.48. The molecule has 1 aromatic carbocycles. The highest BCUT2D eigenvalue weighted by Crippen LogP contribution is 2.53. The number of benzene rings is 1. The summed E-state index contributed by atoms with van der Waals surface area (Å²) < 4.78 is 41.6. The van der Waals surface area contributed by atoms with E-state index in [-0.39, 0.29) is 6.61 Å². The fraction of sp³-hybridized carbons (Fsp3) is 0.500. The van der Waals surface area contributed by atoms with Crippen molar-refractivity contribution in [2.75, 3.05) is 20.0 Å². The molecule has 1 aliphatic carbocycles.